The lowest BCUT2D eigenvalue weighted by Crippen LogP contribution is -2.46. The van der Waals surface area contributed by atoms with Crippen LogP contribution < -0.4 is 0 Å². The van der Waals surface area contributed by atoms with E-state index in [1.165, 1.54) is 5.57 Å². The van der Waals surface area contributed by atoms with Gasteiger partial charge in [0, 0.05) is 25.9 Å². The number of esters is 1. The Labute approximate surface area is 191 Å². The smallest absolute Gasteiger partial charge is 0.465 e. The lowest BCUT2D eigenvalue weighted by molar-refractivity contribution is -0.146. The third kappa shape index (κ3) is 13.2. The third-order valence-electron chi connectivity index (χ3n) is 4.73. The predicted octanol–water partition coefficient (Wildman–Crippen LogP) is 6.25. The summed E-state index contributed by atoms with van der Waals surface area (Å²) in [5.41, 5.74) is 1.36. The summed E-state index contributed by atoms with van der Waals surface area (Å²) in [6, 6.07) is 0.768. The van der Waals surface area contributed by atoms with Crippen LogP contribution in [0.1, 0.15) is 81.1 Å². The highest BCUT2D eigenvalue weighted by atomic mass is 32.2. The molecule has 0 aliphatic heterocycles. The van der Waals surface area contributed by atoms with Crippen LogP contribution in [0.4, 0.5) is 0 Å². The van der Waals surface area contributed by atoms with Gasteiger partial charge in [-0.05, 0) is 85.8 Å². The zero-order valence-electron chi connectivity index (χ0n) is 20.7. The fourth-order valence-electron chi connectivity index (χ4n) is 3.00. The van der Waals surface area contributed by atoms with E-state index >= 15 is 0 Å². The number of hydrogen-bond donors (Lipinski definition) is 0. The molecule has 0 N–H and O–H groups in total. The second kappa shape index (κ2) is 16.3. The summed E-state index contributed by atoms with van der Waals surface area (Å²) in [5.74, 6) is 1.26. The van der Waals surface area contributed by atoms with Gasteiger partial charge in [0.15, 0.2) is 0 Å². The molecule has 0 aromatic heterocycles. The number of thioether (sulfide) groups is 1. The number of rotatable bonds is 18. The summed E-state index contributed by atoms with van der Waals surface area (Å²) >= 11 is 1.63. The average molecular weight is 463 g/mol. The Kier molecular flexibility index (Phi) is 16.1. The Balaban J connectivity index is 4.33. The molecule has 5 nitrogen and oxygen atoms in total. The minimum absolute atomic E-state index is 0.132. The molecule has 0 aliphatic rings. The predicted molar refractivity (Wildman–Crippen MR) is 130 cm³/mol. The van der Waals surface area contributed by atoms with Crippen molar-refractivity contribution in [3.8, 4) is 0 Å². The van der Waals surface area contributed by atoms with Crippen molar-refractivity contribution >= 4 is 26.5 Å². The van der Waals surface area contributed by atoms with Crippen LogP contribution in [0.2, 0.25) is 6.04 Å². The normalized spacial score (nSPS) is 13.2. The van der Waals surface area contributed by atoms with Gasteiger partial charge in [-0.15, -0.1) is 11.8 Å². The van der Waals surface area contributed by atoms with Crippen molar-refractivity contribution in [2.45, 2.75) is 91.9 Å². The van der Waals surface area contributed by atoms with E-state index in [0.717, 1.165) is 37.5 Å². The Bertz CT molecular complexity index is 475. The molecule has 1 unspecified atom stereocenters. The lowest BCUT2D eigenvalue weighted by atomic mass is 10.0. The van der Waals surface area contributed by atoms with Crippen molar-refractivity contribution in [2.24, 2.45) is 5.92 Å². The molecule has 0 amide bonds. The van der Waals surface area contributed by atoms with Crippen LogP contribution in [-0.2, 0) is 22.8 Å². The summed E-state index contributed by atoms with van der Waals surface area (Å²) < 4.78 is 22.7. The van der Waals surface area contributed by atoms with Crippen LogP contribution in [0.3, 0.4) is 0 Å². The van der Waals surface area contributed by atoms with E-state index < -0.39 is 13.6 Å². The van der Waals surface area contributed by atoms with Gasteiger partial charge in [-0.1, -0.05) is 18.6 Å². The molecule has 0 spiro atoms. The molecule has 0 radical (unpaired) electrons. The van der Waals surface area contributed by atoms with Crippen molar-refractivity contribution in [2.75, 3.05) is 32.2 Å². The highest BCUT2D eigenvalue weighted by Crippen LogP contribution is 2.29. The first-order valence-corrected chi connectivity index (χ1v) is 14.4. The van der Waals surface area contributed by atoms with Gasteiger partial charge >= 0.3 is 14.8 Å². The van der Waals surface area contributed by atoms with E-state index in [0.29, 0.717) is 32.3 Å². The zero-order valence-corrected chi connectivity index (χ0v) is 22.5. The summed E-state index contributed by atoms with van der Waals surface area (Å²) in [4.78, 5) is 12.5. The SMILES string of the molecule is CCO[Si](CCCSC(C)(C)C(=O)OCCC(C)CCC=C(C)C)(OCC)OCC. The van der Waals surface area contributed by atoms with Gasteiger partial charge in [0.1, 0.15) is 4.75 Å². The van der Waals surface area contributed by atoms with E-state index in [1.807, 2.05) is 34.6 Å². The van der Waals surface area contributed by atoms with Crippen LogP contribution in [0.15, 0.2) is 11.6 Å². The van der Waals surface area contributed by atoms with E-state index in [-0.39, 0.29) is 5.97 Å². The van der Waals surface area contributed by atoms with Crippen LogP contribution in [-0.4, -0.2) is 51.7 Å². The minimum atomic E-state index is -2.60. The topological polar surface area (TPSA) is 54.0 Å². The number of carbonyl (C=O) groups excluding carboxylic acids is 1. The van der Waals surface area contributed by atoms with Crippen LogP contribution in [0.5, 0.6) is 0 Å². The molecule has 0 heterocycles. The van der Waals surface area contributed by atoms with Gasteiger partial charge in [0.25, 0.3) is 0 Å². The van der Waals surface area contributed by atoms with Gasteiger partial charge < -0.3 is 18.0 Å². The Morgan fingerprint density at radius 2 is 1.60 bits per heavy atom. The molecular weight excluding hydrogens is 416 g/mol. The first-order valence-electron chi connectivity index (χ1n) is 11.5. The van der Waals surface area contributed by atoms with Gasteiger partial charge in [0.05, 0.1) is 6.61 Å². The fourth-order valence-corrected chi connectivity index (χ4v) is 6.85. The van der Waals surface area contributed by atoms with Crippen molar-refractivity contribution in [1.82, 2.24) is 0 Å². The number of allylic oxidation sites excluding steroid dienone is 2. The third-order valence-corrected chi connectivity index (χ3v) is 9.26. The van der Waals surface area contributed by atoms with Crippen molar-refractivity contribution < 1.29 is 22.8 Å². The largest absolute Gasteiger partial charge is 0.500 e. The summed E-state index contributed by atoms with van der Waals surface area (Å²) in [5, 5.41) is 0. The molecule has 30 heavy (non-hydrogen) atoms. The molecule has 0 fully saturated rings. The standard InChI is InChI=1S/C23H46O5SSi/c1-9-26-30(27-10-2,28-11-3)19-13-18-29-23(7,8)22(24)25-17-16-21(6)15-12-14-20(4)5/h14,21H,9-13,15-19H2,1-8H3. The molecule has 0 rings (SSSR count). The average Bonchev–Trinajstić information content (AvgIpc) is 2.65. The molecule has 1 atom stereocenters. The molecule has 7 heteroatoms. The molecule has 0 saturated carbocycles. The van der Waals surface area contributed by atoms with Gasteiger partial charge in [-0.2, -0.15) is 0 Å². The monoisotopic (exact) mass is 462 g/mol. The number of hydrogen-bond acceptors (Lipinski definition) is 6. The second-order valence-corrected chi connectivity index (χ2v) is 12.8. The Hall–Kier alpha value is -0.343. The molecular formula is C23H46O5SSi. The highest BCUT2D eigenvalue weighted by molar-refractivity contribution is 8.01. The highest BCUT2D eigenvalue weighted by Gasteiger charge is 2.40. The van der Waals surface area contributed by atoms with Crippen LogP contribution in [0.25, 0.3) is 0 Å². The molecule has 0 aromatic carbocycles. The molecule has 0 aliphatic carbocycles. The maximum atomic E-state index is 12.5. The fraction of sp³-hybridized carbons (Fsp3) is 0.870. The molecule has 0 aromatic rings. The quantitative estimate of drug-likeness (QED) is 0.104. The summed E-state index contributed by atoms with van der Waals surface area (Å²) in [6.45, 7) is 18.5. The molecule has 0 bridgehead atoms. The summed E-state index contributed by atoms with van der Waals surface area (Å²) in [7, 11) is -2.60. The maximum Gasteiger partial charge on any atom is 0.500 e. The van der Waals surface area contributed by atoms with E-state index in [1.54, 1.807) is 11.8 Å². The van der Waals surface area contributed by atoms with Gasteiger partial charge in [0.2, 0.25) is 0 Å². The second-order valence-electron chi connectivity index (χ2n) is 8.33. The summed E-state index contributed by atoms with van der Waals surface area (Å²) in [6.07, 6.45) is 6.28. The first kappa shape index (κ1) is 29.7. The molecule has 0 saturated heterocycles. The Morgan fingerprint density at radius 3 is 2.10 bits per heavy atom. The van der Waals surface area contributed by atoms with Crippen molar-refractivity contribution in [1.29, 1.82) is 0 Å². The lowest BCUT2D eigenvalue weighted by Gasteiger charge is -2.29. The van der Waals surface area contributed by atoms with E-state index in [2.05, 4.69) is 26.8 Å². The van der Waals surface area contributed by atoms with Crippen molar-refractivity contribution in [3.05, 3.63) is 11.6 Å². The zero-order chi connectivity index (χ0) is 23.0. The van der Waals surface area contributed by atoms with E-state index in [4.69, 9.17) is 18.0 Å². The van der Waals surface area contributed by atoms with Gasteiger partial charge in [-0.25, -0.2) is 0 Å². The van der Waals surface area contributed by atoms with E-state index in [9.17, 15) is 4.79 Å². The van der Waals surface area contributed by atoms with Crippen LogP contribution >= 0.6 is 11.8 Å². The first-order chi connectivity index (χ1) is 14.1. The number of carbonyl (C=O) groups is 1. The van der Waals surface area contributed by atoms with Crippen molar-refractivity contribution in [3.63, 3.8) is 0 Å². The minimum Gasteiger partial charge on any atom is -0.465 e. The molecule has 178 valence electrons. The van der Waals surface area contributed by atoms with Crippen LogP contribution in [0, 0.1) is 5.92 Å². The number of ether oxygens (including phenoxy) is 1. The Morgan fingerprint density at radius 1 is 1.03 bits per heavy atom. The van der Waals surface area contributed by atoms with Gasteiger partial charge in [-0.3, -0.25) is 4.79 Å². The maximum absolute atomic E-state index is 12.5.